The number of carbonyl (C=O) groups is 1. The first-order valence-electron chi connectivity index (χ1n) is 13.3. The number of hydrogen-bond acceptors (Lipinski definition) is 7. The molecule has 5 aromatic rings. The standard InChI is InChI=1S/C32H27N5O3/c1-18(38)40-32(2,3)14-22-9-11-25-28(35-22)26-13-23(39-17-19-7-8-19)10-12-24(26)29-30(25)37-31(36-29)27-20(15-33)5-4-6-21(27)16-34/h4-6,9-13,19,35H,7-8,14,17H2,1-3H3. The fraction of sp³-hybridized carbons (Fsp3) is 0.281. The molecule has 8 nitrogen and oxygen atoms in total. The molecule has 2 heterocycles. The van der Waals surface area contributed by atoms with E-state index in [1.807, 2.05) is 44.2 Å². The number of aromatic amines is 1. The zero-order valence-electron chi connectivity index (χ0n) is 22.5. The van der Waals surface area contributed by atoms with Gasteiger partial charge in [-0.1, -0.05) is 6.07 Å². The van der Waals surface area contributed by atoms with Crippen LogP contribution in [0.2, 0.25) is 0 Å². The number of rotatable bonds is 7. The molecule has 0 saturated heterocycles. The van der Waals surface area contributed by atoms with Crippen LogP contribution in [0.3, 0.4) is 0 Å². The molecule has 0 unspecified atom stereocenters. The Morgan fingerprint density at radius 1 is 1.00 bits per heavy atom. The highest BCUT2D eigenvalue weighted by atomic mass is 16.6. The summed E-state index contributed by atoms with van der Waals surface area (Å²) in [7, 11) is 0. The molecule has 0 amide bonds. The third kappa shape index (κ3) is 4.69. The van der Waals surface area contributed by atoms with Crippen LogP contribution in [0, 0.1) is 28.6 Å². The van der Waals surface area contributed by atoms with Crippen LogP contribution in [0.15, 0.2) is 48.5 Å². The third-order valence-corrected chi connectivity index (χ3v) is 7.18. The molecule has 1 aliphatic carbocycles. The van der Waals surface area contributed by atoms with Crippen LogP contribution in [0.25, 0.3) is 44.1 Å². The Kier molecular flexibility index (Phi) is 6.12. The van der Waals surface area contributed by atoms with Gasteiger partial charge in [-0.2, -0.15) is 10.5 Å². The Labute approximate surface area is 231 Å². The van der Waals surface area contributed by atoms with Crippen molar-refractivity contribution in [3.05, 3.63) is 65.4 Å². The summed E-state index contributed by atoms with van der Waals surface area (Å²) < 4.78 is 11.6. The minimum absolute atomic E-state index is 0.329. The number of hydrogen-bond donors (Lipinski definition) is 1. The maximum Gasteiger partial charge on any atom is 0.303 e. The molecule has 1 saturated carbocycles. The molecule has 1 aliphatic rings. The van der Waals surface area contributed by atoms with Gasteiger partial charge in [0.25, 0.3) is 0 Å². The van der Waals surface area contributed by atoms with Crippen molar-refractivity contribution in [1.29, 1.82) is 10.5 Å². The van der Waals surface area contributed by atoms with Gasteiger partial charge in [0.2, 0.25) is 0 Å². The molecule has 6 rings (SSSR count). The van der Waals surface area contributed by atoms with Crippen molar-refractivity contribution in [2.24, 2.45) is 5.92 Å². The Morgan fingerprint density at radius 2 is 1.68 bits per heavy atom. The Morgan fingerprint density at radius 3 is 2.33 bits per heavy atom. The maximum absolute atomic E-state index is 11.6. The van der Waals surface area contributed by atoms with E-state index in [0.717, 1.165) is 33.1 Å². The van der Waals surface area contributed by atoms with Gasteiger partial charge < -0.3 is 14.5 Å². The first kappa shape index (κ1) is 25.3. The second-order valence-electron chi connectivity index (χ2n) is 11.0. The molecule has 8 heteroatoms. The molecular weight excluding hydrogens is 502 g/mol. The number of imidazole rings is 1. The van der Waals surface area contributed by atoms with Crippen LogP contribution in [0.4, 0.5) is 0 Å². The van der Waals surface area contributed by atoms with Crippen molar-refractivity contribution < 1.29 is 14.3 Å². The summed E-state index contributed by atoms with van der Waals surface area (Å²) in [6.45, 7) is 5.87. The predicted octanol–water partition coefficient (Wildman–Crippen LogP) is 6.35. The zero-order chi connectivity index (χ0) is 28.0. The van der Waals surface area contributed by atoms with Gasteiger partial charge in [-0.3, -0.25) is 4.79 Å². The van der Waals surface area contributed by atoms with E-state index in [1.54, 1.807) is 18.2 Å². The van der Waals surface area contributed by atoms with Crippen LogP contribution in [0.5, 0.6) is 5.75 Å². The molecule has 0 radical (unpaired) electrons. The molecule has 0 aliphatic heterocycles. The Balaban J connectivity index is 1.58. The van der Waals surface area contributed by atoms with Crippen molar-refractivity contribution in [2.45, 2.75) is 45.6 Å². The van der Waals surface area contributed by atoms with Crippen LogP contribution >= 0.6 is 0 Å². The molecule has 0 atom stereocenters. The first-order valence-corrected chi connectivity index (χ1v) is 13.3. The number of benzene rings is 3. The summed E-state index contributed by atoms with van der Waals surface area (Å²) in [6, 6.07) is 19.3. The minimum Gasteiger partial charge on any atom is -0.493 e. The van der Waals surface area contributed by atoms with Crippen molar-refractivity contribution in [1.82, 2.24) is 15.0 Å². The highest BCUT2D eigenvalue weighted by Gasteiger charge is 2.25. The minimum atomic E-state index is -0.698. The quantitative estimate of drug-likeness (QED) is 0.192. The highest BCUT2D eigenvalue weighted by Crippen LogP contribution is 2.38. The van der Waals surface area contributed by atoms with E-state index in [0.29, 0.717) is 52.5 Å². The molecular formula is C32H27N5O3. The van der Waals surface area contributed by atoms with E-state index in [9.17, 15) is 15.3 Å². The molecule has 0 bridgehead atoms. The summed E-state index contributed by atoms with van der Waals surface area (Å²) in [5.74, 6) is 1.41. The molecule has 3 aromatic carbocycles. The van der Waals surface area contributed by atoms with Gasteiger partial charge >= 0.3 is 5.97 Å². The fourth-order valence-electron chi connectivity index (χ4n) is 5.27. The van der Waals surface area contributed by atoms with Crippen LogP contribution in [0.1, 0.15) is 50.4 Å². The lowest BCUT2D eigenvalue weighted by atomic mass is 9.99. The zero-order valence-corrected chi connectivity index (χ0v) is 22.5. The summed E-state index contributed by atoms with van der Waals surface area (Å²) in [5, 5.41) is 22.2. The van der Waals surface area contributed by atoms with Gasteiger partial charge in [0.1, 0.15) is 16.9 Å². The summed E-state index contributed by atoms with van der Waals surface area (Å²) in [5.41, 5.74) is 3.53. The summed E-state index contributed by atoms with van der Waals surface area (Å²) >= 11 is 0. The Hall–Kier alpha value is -4.95. The van der Waals surface area contributed by atoms with Crippen molar-refractivity contribution >= 4 is 38.7 Å². The number of pyridine rings is 1. The average molecular weight is 530 g/mol. The SMILES string of the molecule is CC(=O)OC(C)(C)Cc1ccc2c3nc(-c4c(C#N)cccc4C#N)nc3c3ccc(OCC4CC4)cc3c2[nH]1. The summed E-state index contributed by atoms with van der Waals surface area (Å²) in [6.07, 6.45) is 2.89. The van der Waals surface area contributed by atoms with Gasteiger partial charge in [-0.25, -0.2) is 9.97 Å². The van der Waals surface area contributed by atoms with Gasteiger partial charge in [-0.05, 0) is 75.1 Å². The largest absolute Gasteiger partial charge is 0.493 e. The third-order valence-electron chi connectivity index (χ3n) is 7.18. The predicted molar refractivity (Wildman–Crippen MR) is 152 cm³/mol. The maximum atomic E-state index is 11.6. The van der Waals surface area contributed by atoms with E-state index in [-0.39, 0.29) is 5.97 Å². The van der Waals surface area contributed by atoms with E-state index in [1.165, 1.54) is 19.8 Å². The van der Waals surface area contributed by atoms with Crippen LogP contribution in [-0.4, -0.2) is 33.1 Å². The molecule has 1 N–H and O–H groups in total. The molecule has 0 spiro atoms. The number of H-pyrrole nitrogens is 1. The van der Waals surface area contributed by atoms with Gasteiger partial charge in [0.15, 0.2) is 5.82 Å². The lowest BCUT2D eigenvalue weighted by Crippen LogP contribution is -2.29. The van der Waals surface area contributed by atoms with E-state index < -0.39 is 5.60 Å². The smallest absolute Gasteiger partial charge is 0.303 e. The van der Waals surface area contributed by atoms with E-state index in [4.69, 9.17) is 19.4 Å². The fourth-order valence-corrected chi connectivity index (χ4v) is 5.27. The van der Waals surface area contributed by atoms with E-state index in [2.05, 4.69) is 17.1 Å². The average Bonchev–Trinajstić information content (AvgIpc) is 3.66. The molecule has 198 valence electrons. The highest BCUT2D eigenvalue weighted by molar-refractivity contribution is 6.22. The molecule has 40 heavy (non-hydrogen) atoms. The topological polar surface area (TPSA) is 125 Å². The van der Waals surface area contributed by atoms with Crippen LogP contribution < -0.4 is 4.74 Å². The number of fused-ring (bicyclic) bond motifs is 6. The normalized spacial score (nSPS) is 13.3. The molecule has 2 aromatic heterocycles. The lowest BCUT2D eigenvalue weighted by Gasteiger charge is -2.24. The number of esters is 1. The molecule has 1 fully saturated rings. The van der Waals surface area contributed by atoms with Gasteiger partial charge in [0.05, 0.1) is 46.5 Å². The van der Waals surface area contributed by atoms with Gasteiger partial charge in [-0.15, -0.1) is 0 Å². The monoisotopic (exact) mass is 529 g/mol. The number of carbonyl (C=O) groups excluding carboxylic acids is 1. The number of nitriles is 2. The summed E-state index contributed by atoms with van der Waals surface area (Å²) in [4.78, 5) is 25.0. The number of ether oxygens (including phenoxy) is 2. The Bertz CT molecular complexity index is 1870. The van der Waals surface area contributed by atoms with E-state index >= 15 is 0 Å². The number of nitrogens with zero attached hydrogens (tertiary/aromatic N) is 4. The lowest BCUT2D eigenvalue weighted by molar-refractivity contribution is -0.153. The second-order valence-corrected chi connectivity index (χ2v) is 11.0. The number of aromatic nitrogens is 3. The number of nitrogens with one attached hydrogen (secondary N) is 1. The van der Waals surface area contributed by atoms with Crippen molar-refractivity contribution in [2.75, 3.05) is 6.61 Å². The second kappa shape index (κ2) is 9.66. The first-order chi connectivity index (χ1) is 19.3. The van der Waals surface area contributed by atoms with Crippen LogP contribution in [-0.2, 0) is 16.0 Å². The van der Waals surface area contributed by atoms with Gasteiger partial charge in [0, 0.05) is 35.2 Å². The van der Waals surface area contributed by atoms with Crippen molar-refractivity contribution in [3.63, 3.8) is 0 Å². The van der Waals surface area contributed by atoms with Crippen molar-refractivity contribution in [3.8, 4) is 29.3 Å².